The van der Waals surface area contributed by atoms with E-state index in [9.17, 15) is 43.6 Å². The SMILES string of the molecule is O=C(O)Nc1ccc2c(c1)N(S(=O)(=O)c1cn(C(F)F)nc1OCCO)C[C@H](CNS(=O)(=O)CC(F)(F)F)O2. The van der Waals surface area contributed by atoms with Gasteiger partial charge < -0.3 is 19.7 Å². The maximum Gasteiger partial charge on any atom is 0.409 e. The van der Waals surface area contributed by atoms with E-state index in [0.717, 1.165) is 18.2 Å². The highest BCUT2D eigenvalue weighted by atomic mass is 32.2. The van der Waals surface area contributed by atoms with Crippen LogP contribution in [0.25, 0.3) is 0 Å². The van der Waals surface area contributed by atoms with Crippen LogP contribution in [0.2, 0.25) is 0 Å². The molecule has 2 aromatic rings. The fourth-order valence-corrected chi connectivity index (χ4v) is 5.87. The Kier molecular flexibility index (Phi) is 8.77. The van der Waals surface area contributed by atoms with Gasteiger partial charge in [-0.15, -0.1) is 5.10 Å². The number of alkyl halides is 5. The van der Waals surface area contributed by atoms with E-state index >= 15 is 0 Å². The quantitative estimate of drug-likeness (QED) is 0.269. The zero-order valence-electron chi connectivity index (χ0n) is 19.3. The molecule has 0 unspecified atom stereocenters. The van der Waals surface area contributed by atoms with Crippen molar-refractivity contribution in [1.82, 2.24) is 14.5 Å². The van der Waals surface area contributed by atoms with Crippen LogP contribution in [-0.2, 0) is 20.0 Å². The van der Waals surface area contributed by atoms with Gasteiger partial charge in [-0.1, -0.05) is 0 Å². The number of rotatable bonds is 11. The molecule has 0 saturated heterocycles. The van der Waals surface area contributed by atoms with E-state index in [4.69, 9.17) is 19.7 Å². The Morgan fingerprint density at radius 3 is 2.54 bits per heavy atom. The van der Waals surface area contributed by atoms with Crippen LogP contribution in [0.1, 0.15) is 6.55 Å². The smallest absolute Gasteiger partial charge is 0.409 e. The molecule has 21 heteroatoms. The number of hydrogen-bond acceptors (Lipinski definition) is 9. The Balaban J connectivity index is 2.04. The lowest BCUT2D eigenvalue weighted by molar-refractivity contribution is -0.106. The normalized spacial score (nSPS) is 16.1. The van der Waals surface area contributed by atoms with E-state index in [1.54, 1.807) is 4.72 Å². The summed E-state index contributed by atoms with van der Waals surface area (Å²) in [4.78, 5) is 10.1. The van der Waals surface area contributed by atoms with Crippen LogP contribution in [0.3, 0.4) is 0 Å². The summed E-state index contributed by atoms with van der Waals surface area (Å²) in [5.41, 5.74) is -0.469. The molecule has 218 valence electrons. The van der Waals surface area contributed by atoms with Crippen molar-refractivity contribution in [2.75, 3.05) is 41.7 Å². The second-order valence-corrected chi connectivity index (χ2v) is 11.4. The molecule has 0 aliphatic carbocycles. The molecule has 0 bridgehead atoms. The van der Waals surface area contributed by atoms with Gasteiger partial charge in [0.25, 0.3) is 15.9 Å². The van der Waals surface area contributed by atoms with E-state index in [0.29, 0.717) is 10.5 Å². The molecule has 2 heterocycles. The summed E-state index contributed by atoms with van der Waals surface area (Å²) in [6.07, 6.45) is -7.58. The molecule has 0 saturated carbocycles. The number of nitrogens with one attached hydrogen (secondary N) is 2. The molecule has 1 amide bonds. The number of anilines is 2. The first-order valence-corrected chi connectivity index (χ1v) is 13.6. The summed E-state index contributed by atoms with van der Waals surface area (Å²) in [5, 5.41) is 23.3. The van der Waals surface area contributed by atoms with Gasteiger partial charge in [-0.05, 0) is 18.2 Å². The average molecular weight is 610 g/mol. The highest BCUT2D eigenvalue weighted by Gasteiger charge is 2.40. The summed E-state index contributed by atoms with van der Waals surface area (Å²) in [6, 6.07) is 3.26. The third kappa shape index (κ3) is 7.58. The molecule has 3 rings (SSSR count). The van der Waals surface area contributed by atoms with Gasteiger partial charge in [-0.2, -0.15) is 22.0 Å². The summed E-state index contributed by atoms with van der Waals surface area (Å²) in [5.74, 6) is -3.30. The van der Waals surface area contributed by atoms with Crippen molar-refractivity contribution in [2.45, 2.75) is 23.7 Å². The van der Waals surface area contributed by atoms with Gasteiger partial charge in [-0.25, -0.2) is 31.0 Å². The van der Waals surface area contributed by atoms with Crippen LogP contribution in [-0.4, -0.2) is 87.3 Å². The van der Waals surface area contributed by atoms with Crippen molar-refractivity contribution in [1.29, 1.82) is 0 Å². The van der Waals surface area contributed by atoms with Crippen molar-refractivity contribution in [2.24, 2.45) is 0 Å². The van der Waals surface area contributed by atoms with Crippen LogP contribution in [0.5, 0.6) is 11.6 Å². The first-order valence-electron chi connectivity index (χ1n) is 10.5. The minimum Gasteiger partial charge on any atom is -0.485 e. The van der Waals surface area contributed by atoms with E-state index < -0.39 is 87.8 Å². The summed E-state index contributed by atoms with van der Waals surface area (Å²) >= 11 is 0. The predicted octanol–water partition coefficient (Wildman–Crippen LogP) is 1.18. The Morgan fingerprint density at radius 1 is 1.26 bits per heavy atom. The highest BCUT2D eigenvalue weighted by Crippen LogP contribution is 2.40. The van der Waals surface area contributed by atoms with Gasteiger partial charge in [0, 0.05) is 12.2 Å². The summed E-state index contributed by atoms with van der Waals surface area (Å²) in [7, 11) is -9.82. The minimum absolute atomic E-state index is 0.0356. The van der Waals surface area contributed by atoms with Gasteiger partial charge in [-0.3, -0.25) is 9.62 Å². The highest BCUT2D eigenvalue weighted by molar-refractivity contribution is 7.93. The molecular weight excluding hydrogens is 589 g/mol. The van der Waals surface area contributed by atoms with Gasteiger partial charge in [0.05, 0.1) is 25.0 Å². The monoisotopic (exact) mass is 609 g/mol. The lowest BCUT2D eigenvalue weighted by Crippen LogP contribution is -2.49. The number of aliphatic hydroxyl groups excluding tert-OH is 1. The van der Waals surface area contributed by atoms with Gasteiger partial charge >= 0.3 is 18.8 Å². The number of ether oxygens (including phenoxy) is 2. The van der Waals surface area contributed by atoms with Crippen LogP contribution in [0.4, 0.5) is 38.1 Å². The standard InChI is InChI=1S/C18H20F5N5O9S2/c19-16(20)27-8-14(15(26-27)36-4-3-29)39(34,35)28-7-11(6-24-38(32,33)9-18(21,22)23)37-13-2-1-10(5-12(13)28)25-17(30)31/h1-2,5,8,11,16,24-25,29H,3-4,6-7,9H2,(H,30,31)/t11-/m0/s1. The Labute approximate surface area is 217 Å². The Hall–Kier alpha value is -3.43. The second kappa shape index (κ2) is 11.4. The van der Waals surface area contributed by atoms with Crippen LogP contribution in [0.15, 0.2) is 29.3 Å². The zero-order chi connectivity index (χ0) is 29.2. The van der Waals surface area contributed by atoms with Crippen molar-refractivity contribution in [3.8, 4) is 11.6 Å². The Bertz CT molecular complexity index is 1420. The van der Waals surface area contributed by atoms with Crippen molar-refractivity contribution < 1.29 is 63.3 Å². The van der Waals surface area contributed by atoms with Gasteiger partial charge in [0.15, 0.2) is 10.6 Å². The maximum absolute atomic E-state index is 13.6. The number of aliphatic hydroxyl groups is 1. The molecule has 14 nitrogen and oxygen atoms in total. The molecule has 1 aliphatic rings. The number of hydrogen-bond donors (Lipinski definition) is 4. The fourth-order valence-electron chi connectivity index (χ4n) is 3.33. The van der Waals surface area contributed by atoms with E-state index in [1.165, 1.54) is 0 Å². The first-order chi connectivity index (χ1) is 18.0. The molecular formula is C18H20F5N5O9S2. The van der Waals surface area contributed by atoms with Crippen molar-refractivity contribution in [3.63, 3.8) is 0 Å². The molecule has 1 atom stereocenters. The zero-order valence-corrected chi connectivity index (χ0v) is 20.9. The molecule has 4 N–H and O–H groups in total. The third-order valence-electron chi connectivity index (χ3n) is 4.79. The van der Waals surface area contributed by atoms with E-state index in [-0.39, 0.29) is 21.8 Å². The van der Waals surface area contributed by atoms with E-state index in [2.05, 4.69) is 5.10 Å². The number of benzene rings is 1. The topological polar surface area (TPSA) is 189 Å². The molecule has 1 aromatic heterocycles. The van der Waals surface area contributed by atoms with Crippen molar-refractivity contribution in [3.05, 3.63) is 24.4 Å². The number of sulfonamides is 2. The number of aromatic nitrogens is 2. The second-order valence-electron chi connectivity index (χ2n) is 7.74. The lowest BCUT2D eigenvalue weighted by Gasteiger charge is -2.35. The number of fused-ring (bicyclic) bond motifs is 1. The molecule has 0 spiro atoms. The largest absolute Gasteiger partial charge is 0.485 e. The predicted molar refractivity (Wildman–Crippen MR) is 121 cm³/mol. The van der Waals surface area contributed by atoms with Crippen LogP contribution < -0.4 is 23.8 Å². The minimum atomic E-state index is -5.06. The average Bonchev–Trinajstić information content (AvgIpc) is 3.24. The summed E-state index contributed by atoms with van der Waals surface area (Å²) in [6.45, 7) is -6.06. The third-order valence-corrected chi connectivity index (χ3v) is 7.87. The number of carbonyl (C=O) groups is 1. The number of carboxylic acid groups (broad SMARTS) is 1. The van der Waals surface area contributed by atoms with Crippen LogP contribution in [0, 0.1) is 0 Å². The number of amides is 1. The van der Waals surface area contributed by atoms with Crippen LogP contribution >= 0.6 is 0 Å². The Morgan fingerprint density at radius 2 is 1.95 bits per heavy atom. The van der Waals surface area contributed by atoms with Gasteiger partial charge in [0.1, 0.15) is 18.5 Å². The van der Waals surface area contributed by atoms with E-state index in [1.807, 2.05) is 5.32 Å². The first kappa shape index (κ1) is 30.1. The van der Waals surface area contributed by atoms with Crippen molar-refractivity contribution >= 4 is 37.5 Å². The van der Waals surface area contributed by atoms with Gasteiger partial charge in [0.2, 0.25) is 10.0 Å². The fraction of sp³-hybridized carbons (Fsp3) is 0.444. The number of nitrogens with zero attached hydrogens (tertiary/aromatic N) is 3. The molecule has 1 aromatic carbocycles. The molecule has 39 heavy (non-hydrogen) atoms. The molecule has 1 aliphatic heterocycles. The maximum atomic E-state index is 13.6. The number of halogens is 5. The molecule has 0 fully saturated rings. The summed E-state index contributed by atoms with van der Waals surface area (Å²) < 4.78 is 128. The lowest BCUT2D eigenvalue weighted by atomic mass is 10.2. The molecule has 0 radical (unpaired) electrons.